The summed E-state index contributed by atoms with van der Waals surface area (Å²) < 4.78 is 0. The van der Waals surface area contributed by atoms with E-state index in [0.717, 1.165) is 11.4 Å². The third kappa shape index (κ3) is 3.04. The fraction of sp³-hybridized carbons (Fsp3) is 0.250. The van der Waals surface area contributed by atoms with Crippen molar-refractivity contribution >= 4 is 11.4 Å². The second-order valence-electron chi connectivity index (χ2n) is 5.54. The van der Waals surface area contributed by atoms with Crippen molar-refractivity contribution in [2.75, 3.05) is 11.1 Å². The van der Waals surface area contributed by atoms with Crippen molar-refractivity contribution in [3.05, 3.63) is 48.5 Å². The predicted molar refractivity (Wildman–Crippen MR) is 79.7 cm³/mol. The maximum Gasteiger partial charge on any atom is 0.0584 e. The summed E-state index contributed by atoms with van der Waals surface area (Å²) in [6.07, 6.45) is 0. The minimum atomic E-state index is 0.00340. The molecule has 2 rings (SSSR count). The molecule has 0 saturated heterocycles. The van der Waals surface area contributed by atoms with Crippen LogP contribution in [0.3, 0.4) is 0 Å². The van der Waals surface area contributed by atoms with E-state index in [1.165, 1.54) is 11.1 Å². The molecule has 0 fully saturated rings. The van der Waals surface area contributed by atoms with Gasteiger partial charge in [-0.3, -0.25) is 0 Å². The number of hydrogen-bond acceptors (Lipinski definition) is 2. The summed E-state index contributed by atoms with van der Waals surface area (Å²) in [5.41, 5.74) is 10.2. The number of nitrogen functional groups attached to an aromatic ring is 1. The Morgan fingerprint density at radius 1 is 0.889 bits per heavy atom. The molecule has 0 radical (unpaired) electrons. The molecule has 3 N–H and O–H groups in total. The fourth-order valence-electron chi connectivity index (χ4n) is 1.88. The maximum absolute atomic E-state index is 6.01. The van der Waals surface area contributed by atoms with Crippen LogP contribution in [0, 0.1) is 0 Å². The molecule has 0 aliphatic heterocycles. The van der Waals surface area contributed by atoms with Gasteiger partial charge in [0.05, 0.1) is 11.4 Å². The van der Waals surface area contributed by atoms with Gasteiger partial charge in [0, 0.05) is 5.54 Å². The molecule has 0 amide bonds. The number of benzene rings is 2. The van der Waals surface area contributed by atoms with Gasteiger partial charge in [0.25, 0.3) is 0 Å². The molecule has 2 heteroatoms. The third-order valence-corrected chi connectivity index (χ3v) is 2.67. The summed E-state index contributed by atoms with van der Waals surface area (Å²) in [6, 6.07) is 16.4. The van der Waals surface area contributed by atoms with Crippen molar-refractivity contribution in [1.29, 1.82) is 0 Å². The average Bonchev–Trinajstić information content (AvgIpc) is 2.31. The normalized spacial score (nSPS) is 11.3. The van der Waals surface area contributed by atoms with Gasteiger partial charge in [-0.2, -0.15) is 0 Å². The first-order valence-corrected chi connectivity index (χ1v) is 6.19. The molecule has 0 unspecified atom stereocenters. The lowest BCUT2D eigenvalue weighted by atomic mass is 10.0. The number of nitrogens with two attached hydrogens (primary N) is 1. The Balaban J connectivity index is 2.38. The summed E-state index contributed by atoms with van der Waals surface area (Å²) in [5.74, 6) is 0. The van der Waals surface area contributed by atoms with E-state index in [-0.39, 0.29) is 5.54 Å². The molecule has 94 valence electrons. The standard InChI is InChI=1S/C16H20N2/c1-16(2,3)18-15-11-13(9-10-14(15)17)12-7-5-4-6-8-12/h4-11,18H,17H2,1-3H3. The molecule has 0 saturated carbocycles. The molecule has 2 nitrogen and oxygen atoms in total. The van der Waals surface area contributed by atoms with Gasteiger partial charge >= 0.3 is 0 Å². The minimum Gasteiger partial charge on any atom is -0.397 e. The Morgan fingerprint density at radius 3 is 2.17 bits per heavy atom. The van der Waals surface area contributed by atoms with E-state index in [1.807, 2.05) is 24.3 Å². The molecule has 0 spiro atoms. The SMILES string of the molecule is CC(C)(C)Nc1cc(-c2ccccc2)ccc1N. The van der Waals surface area contributed by atoms with E-state index in [9.17, 15) is 0 Å². The van der Waals surface area contributed by atoms with Crippen LogP contribution >= 0.6 is 0 Å². The summed E-state index contributed by atoms with van der Waals surface area (Å²) in [4.78, 5) is 0. The molecular weight excluding hydrogens is 220 g/mol. The lowest BCUT2D eigenvalue weighted by Gasteiger charge is -2.23. The smallest absolute Gasteiger partial charge is 0.0584 e. The zero-order chi connectivity index (χ0) is 13.2. The van der Waals surface area contributed by atoms with E-state index in [4.69, 9.17) is 5.73 Å². The third-order valence-electron chi connectivity index (χ3n) is 2.67. The van der Waals surface area contributed by atoms with Crippen LogP contribution in [0.4, 0.5) is 11.4 Å². The van der Waals surface area contributed by atoms with Gasteiger partial charge in [-0.25, -0.2) is 0 Å². The molecule has 2 aromatic rings. The van der Waals surface area contributed by atoms with Crippen LogP contribution < -0.4 is 11.1 Å². The van der Waals surface area contributed by atoms with Crippen molar-refractivity contribution in [3.8, 4) is 11.1 Å². The van der Waals surface area contributed by atoms with E-state index < -0.39 is 0 Å². The first-order chi connectivity index (χ1) is 8.46. The molecule has 2 aromatic carbocycles. The zero-order valence-electron chi connectivity index (χ0n) is 11.2. The van der Waals surface area contributed by atoms with E-state index >= 15 is 0 Å². The molecule has 18 heavy (non-hydrogen) atoms. The lowest BCUT2D eigenvalue weighted by molar-refractivity contribution is 0.634. The lowest BCUT2D eigenvalue weighted by Crippen LogP contribution is -2.26. The quantitative estimate of drug-likeness (QED) is 0.774. The highest BCUT2D eigenvalue weighted by Crippen LogP contribution is 2.28. The summed E-state index contributed by atoms with van der Waals surface area (Å²) in [5, 5.41) is 3.43. The number of anilines is 2. The molecule has 0 bridgehead atoms. The second kappa shape index (κ2) is 4.73. The minimum absolute atomic E-state index is 0.00340. The van der Waals surface area contributed by atoms with Gasteiger partial charge in [-0.1, -0.05) is 36.4 Å². The van der Waals surface area contributed by atoms with Gasteiger partial charge in [0.15, 0.2) is 0 Å². The highest BCUT2D eigenvalue weighted by atomic mass is 15.0. The summed E-state index contributed by atoms with van der Waals surface area (Å²) in [7, 11) is 0. The molecule has 0 aromatic heterocycles. The average molecular weight is 240 g/mol. The van der Waals surface area contributed by atoms with Crippen LogP contribution in [-0.2, 0) is 0 Å². The fourth-order valence-corrected chi connectivity index (χ4v) is 1.88. The zero-order valence-corrected chi connectivity index (χ0v) is 11.2. The van der Waals surface area contributed by atoms with Crippen molar-refractivity contribution in [3.63, 3.8) is 0 Å². The number of rotatable bonds is 2. The highest BCUT2D eigenvalue weighted by molar-refractivity contribution is 5.76. The van der Waals surface area contributed by atoms with Gasteiger partial charge in [-0.05, 0) is 44.0 Å². The van der Waals surface area contributed by atoms with Crippen molar-refractivity contribution in [1.82, 2.24) is 0 Å². The van der Waals surface area contributed by atoms with Crippen LogP contribution in [0.25, 0.3) is 11.1 Å². The Hall–Kier alpha value is -1.96. The predicted octanol–water partition coefficient (Wildman–Crippen LogP) is 4.15. The van der Waals surface area contributed by atoms with Gasteiger partial charge in [0.2, 0.25) is 0 Å². The van der Waals surface area contributed by atoms with Crippen molar-refractivity contribution in [2.45, 2.75) is 26.3 Å². The monoisotopic (exact) mass is 240 g/mol. The Labute approximate surface area is 109 Å². The molecule has 0 atom stereocenters. The van der Waals surface area contributed by atoms with Crippen LogP contribution in [0.1, 0.15) is 20.8 Å². The van der Waals surface area contributed by atoms with Crippen LogP contribution in [0.15, 0.2) is 48.5 Å². The Morgan fingerprint density at radius 2 is 1.56 bits per heavy atom. The van der Waals surface area contributed by atoms with Crippen molar-refractivity contribution in [2.24, 2.45) is 0 Å². The largest absolute Gasteiger partial charge is 0.397 e. The second-order valence-corrected chi connectivity index (χ2v) is 5.54. The summed E-state index contributed by atoms with van der Waals surface area (Å²) >= 11 is 0. The summed E-state index contributed by atoms with van der Waals surface area (Å²) in [6.45, 7) is 6.38. The number of hydrogen-bond donors (Lipinski definition) is 2. The molecular formula is C16H20N2. The van der Waals surface area contributed by atoms with E-state index in [1.54, 1.807) is 0 Å². The molecule has 0 aliphatic carbocycles. The maximum atomic E-state index is 6.01. The molecule has 0 aliphatic rings. The van der Waals surface area contributed by atoms with E-state index in [0.29, 0.717) is 0 Å². The van der Waals surface area contributed by atoms with Crippen LogP contribution in [0.5, 0.6) is 0 Å². The van der Waals surface area contributed by atoms with Crippen LogP contribution in [-0.4, -0.2) is 5.54 Å². The Kier molecular flexibility index (Phi) is 3.28. The van der Waals surface area contributed by atoms with E-state index in [2.05, 4.69) is 50.4 Å². The van der Waals surface area contributed by atoms with Gasteiger partial charge in [0.1, 0.15) is 0 Å². The first kappa shape index (κ1) is 12.5. The Bertz CT molecular complexity index is 525. The first-order valence-electron chi connectivity index (χ1n) is 6.19. The topological polar surface area (TPSA) is 38.0 Å². The van der Waals surface area contributed by atoms with Crippen molar-refractivity contribution < 1.29 is 0 Å². The number of nitrogens with one attached hydrogen (secondary N) is 1. The van der Waals surface area contributed by atoms with Gasteiger partial charge < -0.3 is 11.1 Å². The van der Waals surface area contributed by atoms with Gasteiger partial charge in [-0.15, -0.1) is 0 Å². The highest BCUT2D eigenvalue weighted by Gasteiger charge is 2.11. The molecule has 0 heterocycles. The van der Waals surface area contributed by atoms with Crippen LogP contribution in [0.2, 0.25) is 0 Å².